The number of fused-ring (bicyclic) bond motifs is 1. The van der Waals surface area contributed by atoms with Gasteiger partial charge in [-0.25, -0.2) is 4.98 Å². The number of carbonyl (C=O) groups excluding carboxylic acids is 1. The van der Waals surface area contributed by atoms with Crippen molar-refractivity contribution in [2.24, 2.45) is 5.92 Å². The van der Waals surface area contributed by atoms with Crippen LogP contribution in [0.1, 0.15) is 19.2 Å². The molecule has 1 aliphatic rings. The van der Waals surface area contributed by atoms with Crippen molar-refractivity contribution < 1.29 is 9.53 Å². The lowest BCUT2D eigenvalue weighted by Gasteiger charge is -2.27. The Labute approximate surface area is 108 Å². The average molecular weight is 251 g/mol. The molecule has 0 aliphatic carbocycles. The minimum atomic E-state index is 0.0609. The minimum Gasteiger partial charge on any atom is -0.372 e. The summed E-state index contributed by atoms with van der Waals surface area (Å²) in [4.78, 5) is 17.9. The summed E-state index contributed by atoms with van der Waals surface area (Å²) in [6.07, 6.45) is 5.94. The molecule has 1 amide bonds. The Morgan fingerprint density at radius 3 is 3.28 bits per heavy atom. The van der Waals surface area contributed by atoms with Crippen molar-refractivity contribution in [3.05, 3.63) is 18.2 Å². The van der Waals surface area contributed by atoms with Crippen molar-refractivity contribution in [1.29, 1.82) is 0 Å². The van der Waals surface area contributed by atoms with Crippen molar-refractivity contribution in [3.63, 3.8) is 0 Å². The molecule has 18 heavy (non-hydrogen) atoms. The molecule has 0 radical (unpaired) electrons. The molecule has 1 aromatic rings. The van der Waals surface area contributed by atoms with Gasteiger partial charge in [0.15, 0.2) is 0 Å². The topological polar surface area (TPSA) is 47.4 Å². The first-order valence-electron chi connectivity index (χ1n) is 6.52. The van der Waals surface area contributed by atoms with Gasteiger partial charge in [-0.1, -0.05) is 0 Å². The standard InChI is InChI=1S/C13H21N3O2/c1-3-18-10-13(17)15(2)9-11-4-6-16-7-5-14-12(16)8-11/h5,7,11H,3-4,6,8-10H2,1-2H3. The molecule has 0 bridgehead atoms. The van der Waals surface area contributed by atoms with Gasteiger partial charge in [0.1, 0.15) is 12.4 Å². The van der Waals surface area contributed by atoms with E-state index in [1.807, 2.05) is 26.4 Å². The molecule has 0 fully saturated rings. The van der Waals surface area contributed by atoms with E-state index < -0.39 is 0 Å². The molecule has 1 aromatic heterocycles. The molecule has 2 heterocycles. The Balaban J connectivity index is 1.82. The summed E-state index contributed by atoms with van der Waals surface area (Å²) in [5, 5.41) is 0. The Hall–Kier alpha value is -1.36. The van der Waals surface area contributed by atoms with Crippen LogP contribution in [0.15, 0.2) is 12.4 Å². The number of likely N-dealkylation sites (N-methyl/N-ethyl adjacent to an activating group) is 1. The van der Waals surface area contributed by atoms with E-state index in [4.69, 9.17) is 4.74 Å². The molecule has 5 heteroatoms. The molecule has 0 saturated carbocycles. The predicted octanol–water partition coefficient (Wildman–Crippen LogP) is 0.940. The number of hydrogen-bond acceptors (Lipinski definition) is 3. The molecule has 2 rings (SSSR count). The fourth-order valence-electron chi connectivity index (χ4n) is 2.36. The lowest BCUT2D eigenvalue weighted by Crippen LogP contribution is -2.36. The van der Waals surface area contributed by atoms with Crippen LogP contribution < -0.4 is 0 Å². The van der Waals surface area contributed by atoms with E-state index in [9.17, 15) is 4.79 Å². The summed E-state index contributed by atoms with van der Waals surface area (Å²) >= 11 is 0. The number of nitrogens with zero attached hydrogens (tertiary/aromatic N) is 3. The predicted molar refractivity (Wildman–Crippen MR) is 68.2 cm³/mol. The number of aromatic nitrogens is 2. The largest absolute Gasteiger partial charge is 0.372 e. The van der Waals surface area contributed by atoms with Crippen LogP contribution in [0.25, 0.3) is 0 Å². The van der Waals surface area contributed by atoms with Gasteiger partial charge >= 0.3 is 0 Å². The first kappa shape index (κ1) is 13.1. The summed E-state index contributed by atoms with van der Waals surface area (Å²) in [5.41, 5.74) is 0. The summed E-state index contributed by atoms with van der Waals surface area (Å²) < 4.78 is 7.33. The summed E-state index contributed by atoms with van der Waals surface area (Å²) in [6.45, 7) is 4.47. The van der Waals surface area contributed by atoms with Crippen LogP contribution in [0.2, 0.25) is 0 Å². The van der Waals surface area contributed by atoms with Crippen LogP contribution in [0, 0.1) is 5.92 Å². The fraction of sp³-hybridized carbons (Fsp3) is 0.692. The lowest BCUT2D eigenvalue weighted by molar-refractivity contribution is -0.135. The van der Waals surface area contributed by atoms with E-state index in [1.165, 1.54) is 0 Å². The molecule has 1 unspecified atom stereocenters. The second-order valence-corrected chi connectivity index (χ2v) is 4.81. The molecular formula is C13H21N3O2. The van der Waals surface area contributed by atoms with Crippen LogP contribution >= 0.6 is 0 Å². The quantitative estimate of drug-likeness (QED) is 0.782. The molecular weight excluding hydrogens is 230 g/mol. The van der Waals surface area contributed by atoms with E-state index in [2.05, 4.69) is 9.55 Å². The molecule has 1 aliphatic heterocycles. The summed E-state index contributed by atoms with van der Waals surface area (Å²) in [5.74, 6) is 1.71. The third kappa shape index (κ3) is 3.10. The van der Waals surface area contributed by atoms with E-state index in [0.29, 0.717) is 12.5 Å². The number of rotatable bonds is 5. The van der Waals surface area contributed by atoms with Crippen molar-refractivity contribution in [1.82, 2.24) is 14.5 Å². The van der Waals surface area contributed by atoms with Crippen LogP contribution in [-0.4, -0.2) is 47.2 Å². The maximum atomic E-state index is 11.8. The number of imidazole rings is 1. The monoisotopic (exact) mass is 251 g/mol. The molecule has 0 saturated heterocycles. The lowest BCUT2D eigenvalue weighted by atomic mass is 9.97. The molecule has 0 spiro atoms. The number of carbonyl (C=O) groups is 1. The Kier molecular flexibility index (Phi) is 4.36. The van der Waals surface area contributed by atoms with Gasteiger partial charge in [0.2, 0.25) is 5.91 Å². The highest BCUT2D eigenvalue weighted by molar-refractivity contribution is 5.77. The zero-order valence-corrected chi connectivity index (χ0v) is 11.1. The van der Waals surface area contributed by atoms with Crippen LogP contribution in [0.5, 0.6) is 0 Å². The Morgan fingerprint density at radius 1 is 1.67 bits per heavy atom. The van der Waals surface area contributed by atoms with E-state index in [1.54, 1.807) is 4.90 Å². The number of aryl methyl sites for hydroxylation is 1. The second-order valence-electron chi connectivity index (χ2n) is 4.81. The van der Waals surface area contributed by atoms with E-state index in [-0.39, 0.29) is 12.5 Å². The first-order chi connectivity index (χ1) is 8.70. The van der Waals surface area contributed by atoms with Gasteiger partial charge in [-0.05, 0) is 19.3 Å². The van der Waals surface area contributed by atoms with Crippen molar-refractivity contribution >= 4 is 5.91 Å². The summed E-state index contributed by atoms with van der Waals surface area (Å²) in [6, 6.07) is 0. The third-order valence-corrected chi connectivity index (χ3v) is 3.44. The molecule has 1 atom stereocenters. The van der Waals surface area contributed by atoms with Gasteiger partial charge in [-0.2, -0.15) is 0 Å². The zero-order valence-electron chi connectivity index (χ0n) is 11.1. The van der Waals surface area contributed by atoms with Crippen LogP contribution in [0.3, 0.4) is 0 Å². The van der Waals surface area contributed by atoms with E-state index in [0.717, 1.165) is 31.8 Å². The highest BCUT2D eigenvalue weighted by Crippen LogP contribution is 2.19. The number of amides is 1. The highest BCUT2D eigenvalue weighted by atomic mass is 16.5. The third-order valence-electron chi connectivity index (χ3n) is 3.44. The normalized spacial score (nSPS) is 18.4. The van der Waals surface area contributed by atoms with Crippen molar-refractivity contribution in [3.8, 4) is 0 Å². The van der Waals surface area contributed by atoms with Gasteiger partial charge in [-0.15, -0.1) is 0 Å². The van der Waals surface area contributed by atoms with Gasteiger partial charge < -0.3 is 14.2 Å². The fourth-order valence-corrected chi connectivity index (χ4v) is 2.36. The van der Waals surface area contributed by atoms with Gasteiger partial charge in [0.25, 0.3) is 0 Å². The minimum absolute atomic E-state index is 0.0609. The zero-order chi connectivity index (χ0) is 13.0. The Bertz CT molecular complexity index is 403. The second kappa shape index (κ2) is 6.00. The maximum absolute atomic E-state index is 11.8. The maximum Gasteiger partial charge on any atom is 0.248 e. The smallest absolute Gasteiger partial charge is 0.248 e. The molecule has 100 valence electrons. The Morgan fingerprint density at radius 2 is 2.50 bits per heavy atom. The number of hydrogen-bond donors (Lipinski definition) is 0. The van der Waals surface area contributed by atoms with Gasteiger partial charge in [-0.3, -0.25) is 4.79 Å². The van der Waals surface area contributed by atoms with Crippen LogP contribution in [0.4, 0.5) is 0 Å². The summed E-state index contributed by atoms with van der Waals surface area (Å²) in [7, 11) is 1.85. The SMILES string of the molecule is CCOCC(=O)N(C)CC1CCn2ccnc2C1. The van der Waals surface area contributed by atoms with Gasteiger partial charge in [0, 0.05) is 45.6 Å². The molecule has 0 N–H and O–H groups in total. The van der Waals surface area contributed by atoms with E-state index >= 15 is 0 Å². The van der Waals surface area contributed by atoms with Crippen molar-refractivity contribution in [2.75, 3.05) is 26.8 Å². The van der Waals surface area contributed by atoms with Gasteiger partial charge in [0.05, 0.1) is 0 Å². The van der Waals surface area contributed by atoms with Crippen molar-refractivity contribution in [2.45, 2.75) is 26.3 Å². The first-order valence-corrected chi connectivity index (χ1v) is 6.52. The average Bonchev–Trinajstić information content (AvgIpc) is 2.83. The molecule has 5 nitrogen and oxygen atoms in total. The number of ether oxygens (including phenoxy) is 1. The molecule has 0 aromatic carbocycles. The van der Waals surface area contributed by atoms with Crippen LogP contribution in [-0.2, 0) is 22.5 Å². The highest BCUT2D eigenvalue weighted by Gasteiger charge is 2.22.